The summed E-state index contributed by atoms with van der Waals surface area (Å²) in [6.45, 7) is 7.86. The van der Waals surface area contributed by atoms with Crippen molar-refractivity contribution in [3.63, 3.8) is 0 Å². The summed E-state index contributed by atoms with van der Waals surface area (Å²) in [5.74, 6) is 0.563. The summed E-state index contributed by atoms with van der Waals surface area (Å²) >= 11 is 1.31. The average molecular weight is 426 g/mol. The number of rotatable bonds is 4. The monoisotopic (exact) mass is 425 g/mol. The maximum atomic E-state index is 13.3. The maximum Gasteiger partial charge on any atom is 0.332 e. The van der Waals surface area contributed by atoms with E-state index >= 15 is 0 Å². The number of carbonyl (C=O) groups is 1. The molecule has 1 fully saturated rings. The summed E-state index contributed by atoms with van der Waals surface area (Å²) < 4.78 is 3.24. The quantitative estimate of drug-likeness (QED) is 0.645. The Labute approximate surface area is 179 Å². The smallest absolute Gasteiger partial charge is 0.332 e. The normalized spacial score (nSPS) is 15.1. The van der Waals surface area contributed by atoms with Crippen LogP contribution < -0.4 is 11.2 Å². The molecular weight excluding hydrogens is 398 g/mol. The number of aromatic nitrogens is 2. The van der Waals surface area contributed by atoms with E-state index in [4.69, 9.17) is 0 Å². The lowest BCUT2D eigenvalue weighted by Crippen LogP contribution is -2.45. The number of likely N-dealkylation sites (tertiary alicyclic amines) is 1. The van der Waals surface area contributed by atoms with E-state index in [-0.39, 0.29) is 24.6 Å². The predicted molar refractivity (Wildman–Crippen MR) is 120 cm³/mol. The summed E-state index contributed by atoms with van der Waals surface area (Å²) in [6, 6.07) is 7.70. The molecule has 0 atom stereocenters. The molecule has 158 valence electrons. The number of hydrogen-bond acceptors (Lipinski definition) is 4. The standard InChI is InChI=1S/C23H27N3O3S/c1-15-6-9-24(10-7-15)20(27)14-25-19-8-11-30-21(19)22(28)26(23(25)29)13-18-5-4-16(2)17(3)12-18/h4-5,8,11-12,15H,6-7,9-10,13-14H2,1-3H3. The highest BCUT2D eigenvalue weighted by Crippen LogP contribution is 2.19. The zero-order valence-corrected chi connectivity index (χ0v) is 18.5. The number of carbonyl (C=O) groups excluding carboxylic acids is 1. The van der Waals surface area contributed by atoms with E-state index in [1.165, 1.54) is 26.0 Å². The van der Waals surface area contributed by atoms with E-state index < -0.39 is 5.69 Å². The van der Waals surface area contributed by atoms with Gasteiger partial charge in [0.15, 0.2) is 0 Å². The van der Waals surface area contributed by atoms with Crippen LogP contribution in [-0.4, -0.2) is 33.0 Å². The van der Waals surface area contributed by atoms with Crippen LogP contribution in [0.3, 0.4) is 0 Å². The van der Waals surface area contributed by atoms with E-state index in [0.29, 0.717) is 16.1 Å². The van der Waals surface area contributed by atoms with Gasteiger partial charge in [-0.2, -0.15) is 0 Å². The zero-order chi connectivity index (χ0) is 21.4. The van der Waals surface area contributed by atoms with Crippen molar-refractivity contribution in [2.45, 2.75) is 46.7 Å². The van der Waals surface area contributed by atoms with Crippen molar-refractivity contribution >= 4 is 27.5 Å². The summed E-state index contributed by atoms with van der Waals surface area (Å²) in [5, 5.41) is 1.80. The lowest BCUT2D eigenvalue weighted by atomic mass is 9.99. The number of fused-ring (bicyclic) bond motifs is 1. The Morgan fingerprint density at radius 1 is 1.07 bits per heavy atom. The maximum absolute atomic E-state index is 13.3. The van der Waals surface area contributed by atoms with Crippen molar-refractivity contribution in [2.75, 3.05) is 13.1 Å². The average Bonchev–Trinajstić information content (AvgIpc) is 3.21. The minimum atomic E-state index is -0.428. The minimum absolute atomic E-state index is 0.0341. The number of thiophene rings is 1. The largest absolute Gasteiger partial charge is 0.341 e. The van der Waals surface area contributed by atoms with Gasteiger partial charge in [-0.3, -0.25) is 18.7 Å². The van der Waals surface area contributed by atoms with Gasteiger partial charge in [0.2, 0.25) is 5.91 Å². The molecule has 0 bridgehead atoms. The summed E-state index contributed by atoms with van der Waals surface area (Å²) in [4.78, 5) is 41.0. The third kappa shape index (κ3) is 3.86. The van der Waals surface area contributed by atoms with Gasteiger partial charge in [0.1, 0.15) is 11.2 Å². The molecule has 3 aromatic rings. The molecular formula is C23H27N3O3S. The first-order chi connectivity index (χ1) is 14.3. The molecule has 6 nitrogen and oxygen atoms in total. The van der Waals surface area contributed by atoms with Gasteiger partial charge in [-0.1, -0.05) is 25.1 Å². The molecule has 0 N–H and O–H groups in total. The molecule has 4 rings (SSSR count). The number of nitrogens with zero attached hydrogens (tertiary/aromatic N) is 3. The van der Waals surface area contributed by atoms with Crippen LogP contribution in [-0.2, 0) is 17.9 Å². The molecule has 1 aliphatic heterocycles. The van der Waals surface area contributed by atoms with E-state index in [1.807, 2.05) is 36.9 Å². The molecule has 3 heterocycles. The van der Waals surface area contributed by atoms with Crippen LogP contribution in [0.4, 0.5) is 0 Å². The highest BCUT2D eigenvalue weighted by Gasteiger charge is 2.23. The third-order valence-corrected chi connectivity index (χ3v) is 7.07. The lowest BCUT2D eigenvalue weighted by molar-refractivity contribution is -0.133. The molecule has 1 saturated heterocycles. The van der Waals surface area contributed by atoms with Crippen LogP contribution in [0.2, 0.25) is 0 Å². The van der Waals surface area contributed by atoms with Crippen LogP contribution in [0.5, 0.6) is 0 Å². The first kappa shape index (κ1) is 20.6. The molecule has 0 spiro atoms. The fourth-order valence-corrected chi connectivity index (χ4v) is 4.85. The van der Waals surface area contributed by atoms with E-state index in [1.54, 1.807) is 11.4 Å². The van der Waals surface area contributed by atoms with Gasteiger partial charge in [0, 0.05) is 13.1 Å². The van der Waals surface area contributed by atoms with Gasteiger partial charge in [0.25, 0.3) is 5.56 Å². The fourth-order valence-electron chi connectivity index (χ4n) is 4.00. The first-order valence-corrected chi connectivity index (χ1v) is 11.3. The number of aryl methyl sites for hydroxylation is 2. The van der Waals surface area contributed by atoms with Crippen molar-refractivity contribution in [3.05, 3.63) is 67.2 Å². The molecule has 0 unspecified atom stereocenters. The van der Waals surface area contributed by atoms with Crippen molar-refractivity contribution in [3.8, 4) is 0 Å². The molecule has 7 heteroatoms. The molecule has 30 heavy (non-hydrogen) atoms. The Kier molecular flexibility index (Phi) is 5.64. The Morgan fingerprint density at radius 2 is 1.80 bits per heavy atom. The summed E-state index contributed by atoms with van der Waals surface area (Å²) in [7, 11) is 0. The predicted octanol–water partition coefficient (Wildman–Crippen LogP) is 3.15. The van der Waals surface area contributed by atoms with Gasteiger partial charge in [-0.05, 0) is 60.7 Å². The fraction of sp³-hybridized carbons (Fsp3) is 0.435. The van der Waals surface area contributed by atoms with E-state index in [2.05, 4.69) is 6.92 Å². The van der Waals surface area contributed by atoms with Gasteiger partial charge in [-0.15, -0.1) is 11.3 Å². The minimum Gasteiger partial charge on any atom is -0.341 e. The summed E-state index contributed by atoms with van der Waals surface area (Å²) in [5.41, 5.74) is 3.01. The second kappa shape index (κ2) is 8.22. The molecule has 0 saturated carbocycles. The molecule has 2 aromatic heterocycles. The van der Waals surface area contributed by atoms with E-state index in [9.17, 15) is 14.4 Å². The molecule has 1 aliphatic rings. The van der Waals surface area contributed by atoms with Crippen LogP contribution in [0.25, 0.3) is 10.2 Å². The Hall–Kier alpha value is -2.67. The Morgan fingerprint density at radius 3 is 2.50 bits per heavy atom. The van der Waals surface area contributed by atoms with Crippen molar-refractivity contribution in [1.29, 1.82) is 0 Å². The molecule has 0 aliphatic carbocycles. The van der Waals surface area contributed by atoms with Gasteiger partial charge < -0.3 is 4.90 Å². The van der Waals surface area contributed by atoms with Crippen molar-refractivity contribution in [1.82, 2.24) is 14.0 Å². The SMILES string of the molecule is Cc1ccc(Cn2c(=O)c3sccc3n(CC(=O)N3CCC(C)CC3)c2=O)cc1C. The van der Waals surface area contributed by atoms with Crippen LogP contribution in [0.1, 0.15) is 36.5 Å². The van der Waals surface area contributed by atoms with Gasteiger partial charge in [-0.25, -0.2) is 4.79 Å². The number of hydrogen-bond donors (Lipinski definition) is 0. The summed E-state index contributed by atoms with van der Waals surface area (Å²) in [6.07, 6.45) is 1.97. The van der Waals surface area contributed by atoms with Gasteiger partial charge >= 0.3 is 5.69 Å². The second-order valence-corrected chi connectivity index (χ2v) is 9.29. The Balaban J connectivity index is 1.72. The number of benzene rings is 1. The highest BCUT2D eigenvalue weighted by atomic mass is 32.1. The van der Waals surface area contributed by atoms with Gasteiger partial charge in [0.05, 0.1) is 12.1 Å². The third-order valence-electron chi connectivity index (χ3n) is 6.18. The van der Waals surface area contributed by atoms with Crippen molar-refractivity contribution < 1.29 is 4.79 Å². The molecule has 0 radical (unpaired) electrons. The Bertz CT molecular complexity index is 1210. The zero-order valence-electron chi connectivity index (χ0n) is 17.7. The highest BCUT2D eigenvalue weighted by molar-refractivity contribution is 7.17. The number of piperidine rings is 1. The van der Waals surface area contributed by atoms with Crippen molar-refractivity contribution in [2.24, 2.45) is 5.92 Å². The lowest BCUT2D eigenvalue weighted by Gasteiger charge is -2.30. The number of amides is 1. The molecule has 1 aromatic carbocycles. The van der Waals surface area contributed by atoms with E-state index in [0.717, 1.165) is 37.1 Å². The van der Waals surface area contributed by atoms with Crippen LogP contribution in [0, 0.1) is 19.8 Å². The first-order valence-electron chi connectivity index (χ1n) is 10.4. The van der Waals surface area contributed by atoms with Crippen LogP contribution >= 0.6 is 11.3 Å². The topological polar surface area (TPSA) is 64.3 Å². The van der Waals surface area contributed by atoms with Crippen LogP contribution in [0.15, 0.2) is 39.2 Å². The molecule has 1 amide bonds. The second-order valence-electron chi connectivity index (χ2n) is 8.38.